The molecule has 0 fully saturated rings. The Morgan fingerprint density at radius 1 is 1.29 bits per heavy atom. The summed E-state index contributed by atoms with van der Waals surface area (Å²) in [6.45, 7) is 1.93. The first-order valence-corrected chi connectivity index (χ1v) is 7.59. The van der Waals surface area contributed by atoms with Crippen molar-refractivity contribution < 1.29 is 9.72 Å². The molecule has 0 aliphatic carbocycles. The van der Waals surface area contributed by atoms with Gasteiger partial charge in [-0.05, 0) is 25.1 Å². The van der Waals surface area contributed by atoms with Crippen LogP contribution in [0.25, 0.3) is 10.2 Å². The quantitative estimate of drug-likeness (QED) is 0.587. The fourth-order valence-electron chi connectivity index (χ4n) is 1.80. The number of carbonyl (C=O) groups excluding carboxylic acids is 1. The summed E-state index contributed by atoms with van der Waals surface area (Å²) in [5, 5.41) is 13.9. The normalized spacial score (nSPS) is 10.7. The molecule has 3 rings (SSSR count). The first-order valence-electron chi connectivity index (χ1n) is 5.96. The van der Waals surface area contributed by atoms with Crippen molar-refractivity contribution in [1.82, 2.24) is 4.98 Å². The molecule has 0 aliphatic rings. The van der Waals surface area contributed by atoms with Gasteiger partial charge in [0, 0.05) is 17.0 Å². The molecule has 0 atom stereocenters. The minimum Gasteiger partial charge on any atom is -0.297 e. The summed E-state index contributed by atoms with van der Waals surface area (Å²) in [6, 6.07) is 8.07. The predicted octanol–water partition coefficient (Wildman–Crippen LogP) is 3.83. The van der Waals surface area contributed by atoms with Gasteiger partial charge in [-0.15, -0.1) is 11.3 Å². The van der Waals surface area contributed by atoms with E-state index in [1.165, 1.54) is 34.8 Å². The Balaban J connectivity index is 1.87. The Hall–Kier alpha value is -2.32. The van der Waals surface area contributed by atoms with Crippen LogP contribution in [-0.2, 0) is 0 Å². The van der Waals surface area contributed by atoms with Gasteiger partial charge in [0.05, 0.1) is 20.0 Å². The Morgan fingerprint density at radius 3 is 2.76 bits per heavy atom. The summed E-state index contributed by atoms with van der Waals surface area (Å²) < 4.78 is 0.668. The lowest BCUT2D eigenvalue weighted by Gasteiger charge is -1.97. The van der Waals surface area contributed by atoms with Crippen LogP contribution in [0.3, 0.4) is 0 Å². The molecule has 0 bridgehead atoms. The second-order valence-electron chi connectivity index (χ2n) is 4.29. The van der Waals surface area contributed by atoms with Crippen molar-refractivity contribution in [2.75, 3.05) is 5.32 Å². The zero-order valence-electron chi connectivity index (χ0n) is 10.8. The smallest absolute Gasteiger partial charge is 0.270 e. The molecular weight excluding hydrogens is 310 g/mol. The average molecular weight is 319 g/mol. The third-order valence-electron chi connectivity index (χ3n) is 2.77. The second kappa shape index (κ2) is 5.23. The van der Waals surface area contributed by atoms with Crippen molar-refractivity contribution in [3.63, 3.8) is 0 Å². The number of carbonyl (C=O) groups is 1. The fourth-order valence-corrected chi connectivity index (χ4v) is 3.45. The molecule has 2 aromatic heterocycles. The largest absolute Gasteiger partial charge is 0.297 e. The molecule has 0 saturated heterocycles. The number of anilines is 1. The van der Waals surface area contributed by atoms with E-state index in [-0.39, 0.29) is 11.6 Å². The van der Waals surface area contributed by atoms with Gasteiger partial charge >= 0.3 is 0 Å². The molecule has 0 radical (unpaired) electrons. The van der Waals surface area contributed by atoms with Crippen LogP contribution in [-0.4, -0.2) is 15.8 Å². The molecule has 0 unspecified atom stereocenters. The van der Waals surface area contributed by atoms with E-state index in [2.05, 4.69) is 10.3 Å². The van der Waals surface area contributed by atoms with E-state index in [9.17, 15) is 14.9 Å². The number of thiazole rings is 1. The van der Waals surface area contributed by atoms with Crippen LogP contribution >= 0.6 is 22.7 Å². The molecule has 0 aliphatic heterocycles. The third kappa shape index (κ3) is 2.76. The van der Waals surface area contributed by atoms with Crippen molar-refractivity contribution in [2.24, 2.45) is 0 Å². The van der Waals surface area contributed by atoms with Gasteiger partial charge in [-0.1, -0.05) is 11.3 Å². The van der Waals surface area contributed by atoms with Crippen molar-refractivity contribution in [2.45, 2.75) is 6.92 Å². The van der Waals surface area contributed by atoms with E-state index in [4.69, 9.17) is 0 Å². The van der Waals surface area contributed by atoms with Gasteiger partial charge in [0.25, 0.3) is 11.6 Å². The fraction of sp³-hybridized carbons (Fsp3) is 0.0769. The van der Waals surface area contributed by atoms with Crippen LogP contribution in [0.4, 0.5) is 10.8 Å². The highest BCUT2D eigenvalue weighted by Gasteiger charge is 2.13. The minimum absolute atomic E-state index is 0.0120. The second-order valence-corrected chi connectivity index (χ2v) is 6.61. The number of rotatable bonds is 3. The van der Waals surface area contributed by atoms with Gasteiger partial charge in [0.2, 0.25) is 0 Å². The molecule has 1 amide bonds. The van der Waals surface area contributed by atoms with Crippen LogP contribution < -0.4 is 5.32 Å². The number of thiophene rings is 1. The summed E-state index contributed by atoms with van der Waals surface area (Å²) in [5.74, 6) is -0.221. The number of aromatic nitrogens is 1. The van der Waals surface area contributed by atoms with Crippen LogP contribution in [0.2, 0.25) is 0 Å². The zero-order valence-corrected chi connectivity index (χ0v) is 12.5. The molecule has 0 spiro atoms. The molecule has 1 aromatic carbocycles. The average Bonchev–Trinajstić information content (AvgIpc) is 3.03. The number of amides is 1. The number of hydrogen-bond donors (Lipinski definition) is 1. The number of non-ortho nitro benzene ring substituents is 1. The summed E-state index contributed by atoms with van der Waals surface area (Å²) in [5.41, 5.74) is 0.640. The molecule has 106 valence electrons. The first kappa shape index (κ1) is 13.7. The maximum atomic E-state index is 12.0. The number of benzene rings is 1. The van der Waals surface area contributed by atoms with E-state index < -0.39 is 4.92 Å². The highest BCUT2D eigenvalue weighted by molar-refractivity contribution is 7.22. The highest BCUT2D eigenvalue weighted by Crippen LogP contribution is 2.29. The van der Waals surface area contributed by atoms with E-state index in [1.807, 2.05) is 13.0 Å². The van der Waals surface area contributed by atoms with Crippen LogP contribution in [0.15, 0.2) is 30.3 Å². The third-order valence-corrected chi connectivity index (χ3v) is 4.70. The lowest BCUT2D eigenvalue weighted by molar-refractivity contribution is -0.384. The van der Waals surface area contributed by atoms with Crippen molar-refractivity contribution in [1.29, 1.82) is 0 Å². The number of aryl methyl sites for hydroxylation is 1. The van der Waals surface area contributed by atoms with Crippen molar-refractivity contribution >= 4 is 49.6 Å². The molecule has 2 heterocycles. The number of nitro groups is 1. The zero-order chi connectivity index (χ0) is 15.0. The van der Waals surface area contributed by atoms with Gasteiger partial charge in [0.1, 0.15) is 0 Å². The molecular formula is C13H9N3O3S2. The Kier molecular flexibility index (Phi) is 3.40. The Morgan fingerprint density at radius 2 is 2.10 bits per heavy atom. The number of nitrogens with one attached hydrogen (secondary N) is 1. The predicted molar refractivity (Wildman–Crippen MR) is 83.3 cm³/mol. The van der Waals surface area contributed by atoms with E-state index in [1.54, 1.807) is 12.1 Å². The van der Waals surface area contributed by atoms with Gasteiger partial charge in [-0.2, -0.15) is 0 Å². The summed E-state index contributed by atoms with van der Waals surface area (Å²) in [6.07, 6.45) is 0. The standard InChI is InChI=1S/C13H9N3O3S2/c1-7-2-5-10(20-7)12(17)15-13-14-9-4-3-8(16(18)19)6-11(9)21-13/h2-6H,1H3,(H,14,15,17). The monoisotopic (exact) mass is 319 g/mol. The van der Waals surface area contributed by atoms with E-state index >= 15 is 0 Å². The summed E-state index contributed by atoms with van der Waals surface area (Å²) >= 11 is 2.62. The van der Waals surface area contributed by atoms with Crippen molar-refractivity contribution in [3.8, 4) is 0 Å². The van der Waals surface area contributed by atoms with Crippen LogP contribution in [0.1, 0.15) is 14.5 Å². The number of hydrogen-bond acceptors (Lipinski definition) is 6. The molecule has 8 heteroatoms. The maximum Gasteiger partial charge on any atom is 0.270 e. The molecule has 1 N–H and O–H groups in total. The summed E-state index contributed by atoms with van der Waals surface area (Å²) in [7, 11) is 0. The molecule has 6 nitrogen and oxygen atoms in total. The highest BCUT2D eigenvalue weighted by atomic mass is 32.1. The van der Waals surface area contributed by atoms with Crippen molar-refractivity contribution in [3.05, 3.63) is 50.2 Å². The lowest BCUT2D eigenvalue weighted by Crippen LogP contribution is -2.09. The van der Waals surface area contributed by atoms with Crippen LogP contribution in [0.5, 0.6) is 0 Å². The maximum absolute atomic E-state index is 12.0. The SMILES string of the molecule is Cc1ccc(C(=O)Nc2nc3ccc([N+](=O)[O-])cc3s2)s1. The van der Waals surface area contributed by atoms with Gasteiger partial charge in [0.15, 0.2) is 5.13 Å². The number of fused-ring (bicyclic) bond motifs is 1. The van der Waals surface area contributed by atoms with Gasteiger partial charge in [-0.3, -0.25) is 20.2 Å². The van der Waals surface area contributed by atoms with Gasteiger partial charge in [-0.25, -0.2) is 4.98 Å². The number of nitrogens with zero attached hydrogens (tertiary/aromatic N) is 2. The molecule has 3 aromatic rings. The minimum atomic E-state index is -0.453. The van der Waals surface area contributed by atoms with Gasteiger partial charge < -0.3 is 0 Å². The number of nitro benzene ring substituents is 1. The van der Waals surface area contributed by atoms with Crippen LogP contribution in [0, 0.1) is 17.0 Å². The Labute approximate surface area is 127 Å². The molecule has 21 heavy (non-hydrogen) atoms. The first-order chi connectivity index (χ1) is 10.0. The Bertz CT molecular complexity index is 853. The molecule has 0 saturated carbocycles. The lowest BCUT2D eigenvalue weighted by atomic mass is 10.3. The van der Waals surface area contributed by atoms with E-state index in [0.29, 0.717) is 20.2 Å². The topological polar surface area (TPSA) is 85.1 Å². The van der Waals surface area contributed by atoms with E-state index in [0.717, 1.165) is 4.88 Å². The summed E-state index contributed by atoms with van der Waals surface area (Å²) in [4.78, 5) is 28.2.